The third kappa shape index (κ3) is 5.36. The second-order valence-electron chi connectivity index (χ2n) is 2.49. The summed E-state index contributed by atoms with van der Waals surface area (Å²) in [6.45, 7) is 9.13. The van der Waals surface area contributed by atoms with Gasteiger partial charge in [0, 0.05) is 6.92 Å². The molecule has 0 amide bonds. The summed E-state index contributed by atoms with van der Waals surface area (Å²) in [7, 11) is 0. The van der Waals surface area contributed by atoms with Crippen LogP contribution in [0, 0.1) is 19.0 Å². The van der Waals surface area contributed by atoms with E-state index in [0.717, 1.165) is 0 Å². The van der Waals surface area contributed by atoms with Gasteiger partial charge in [0.2, 0.25) is 0 Å². The predicted octanol–water partition coefficient (Wildman–Crippen LogP) is 1.60. The van der Waals surface area contributed by atoms with Crippen LogP contribution >= 0.6 is 0 Å². The van der Waals surface area contributed by atoms with Crippen molar-refractivity contribution in [2.24, 2.45) is 0 Å². The molecule has 0 aromatic carbocycles. The van der Waals surface area contributed by atoms with Crippen molar-refractivity contribution in [3.8, 4) is 12.0 Å². The van der Waals surface area contributed by atoms with Crippen molar-refractivity contribution in [1.29, 1.82) is 0 Å². The Balaban J connectivity index is 3.50. The normalized spacial score (nSPS) is 9.50. The molecule has 0 aromatic rings. The molecule has 1 radical (unpaired) electrons. The van der Waals surface area contributed by atoms with Crippen LogP contribution in [-0.4, -0.2) is 5.60 Å². The molecule has 1 nitrogen and oxygen atoms in total. The van der Waals surface area contributed by atoms with E-state index >= 15 is 0 Å². The molecule has 0 aliphatic rings. The molecule has 1 heteroatoms. The minimum atomic E-state index is -0.162. The van der Waals surface area contributed by atoms with E-state index in [9.17, 15) is 0 Å². The van der Waals surface area contributed by atoms with Crippen LogP contribution in [0.25, 0.3) is 0 Å². The lowest BCUT2D eigenvalue weighted by atomic mass is 10.2. The lowest BCUT2D eigenvalue weighted by Crippen LogP contribution is -2.15. The summed E-state index contributed by atoms with van der Waals surface area (Å²) in [4.78, 5) is 0. The van der Waals surface area contributed by atoms with E-state index in [1.165, 1.54) is 0 Å². The van der Waals surface area contributed by atoms with Gasteiger partial charge in [-0.1, -0.05) is 5.92 Å². The van der Waals surface area contributed by atoms with Crippen LogP contribution in [0.15, 0.2) is 0 Å². The first kappa shape index (κ1) is 7.36. The fourth-order valence-corrected chi connectivity index (χ4v) is 0.189. The first-order chi connectivity index (χ1) is 3.56. The Morgan fingerprint density at radius 3 is 2.00 bits per heavy atom. The van der Waals surface area contributed by atoms with E-state index in [2.05, 4.69) is 19.0 Å². The Morgan fingerprint density at radius 1 is 1.38 bits per heavy atom. The molecule has 0 aromatic heterocycles. The Bertz CT molecular complexity index is 109. The lowest BCUT2D eigenvalue weighted by Gasteiger charge is -2.14. The third-order valence-electron chi connectivity index (χ3n) is 0.429. The molecule has 8 heavy (non-hydrogen) atoms. The number of hydrogen-bond donors (Lipinski definition) is 0. The fourth-order valence-electron chi connectivity index (χ4n) is 0.189. The summed E-state index contributed by atoms with van der Waals surface area (Å²) in [5, 5.41) is 0. The summed E-state index contributed by atoms with van der Waals surface area (Å²) in [5.41, 5.74) is -0.162. The Hall–Kier alpha value is -0.640. The lowest BCUT2D eigenvalue weighted by molar-refractivity contribution is 0.0963. The quantitative estimate of drug-likeness (QED) is 0.431. The molecule has 0 atom stereocenters. The van der Waals surface area contributed by atoms with Gasteiger partial charge in [-0.05, 0) is 20.8 Å². The highest BCUT2D eigenvalue weighted by Gasteiger charge is 2.07. The van der Waals surface area contributed by atoms with Gasteiger partial charge in [0.1, 0.15) is 11.7 Å². The average Bonchev–Trinajstić information content (AvgIpc) is 1.59. The van der Waals surface area contributed by atoms with E-state index in [1.807, 2.05) is 20.8 Å². The molecule has 45 valence electrons. The van der Waals surface area contributed by atoms with Crippen molar-refractivity contribution in [2.75, 3.05) is 0 Å². The van der Waals surface area contributed by atoms with Gasteiger partial charge in [0.15, 0.2) is 0 Å². The second kappa shape index (κ2) is 2.61. The van der Waals surface area contributed by atoms with Gasteiger partial charge in [0.25, 0.3) is 0 Å². The summed E-state index contributed by atoms with van der Waals surface area (Å²) >= 11 is 0. The third-order valence-corrected chi connectivity index (χ3v) is 0.429. The van der Waals surface area contributed by atoms with E-state index in [-0.39, 0.29) is 5.60 Å². The van der Waals surface area contributed by atoms with Crippen LogP contribution in [-0.2, 0) is 4.74 Å². The van der Waals surface area contributed by atoms with Gasteiger partial charge in [0.05, 0.1) is 0 Å². The SMILES string of the molecule is [CH2]C#COC(C)(C)C. The van der Waals surface area contributed by atoms with Gasteiger partial charge in [-0.3, -0.25) is 0 Å². The van der Waals surface area contributed by atoms with Gasteiger partial charge >= 0.3 is 0 Å². The topological polar surface area (TPSA) is 9.23 Å². The van der Waals surface area contributed by atoms with Crippen molar-refractivity contribution in [1.82, 2.24) is 0 Å². The molecule has 0 unspecified atom stereocenters. The molecular weight excluding hydrogens is 100 g/mol. The molecule has 0 bridgehead atoms. The van der Waals surface area contributed by atoms with E-state index in [0.29, 0.717) is 0 Å². The maximum absolute atomic E-state index is 4.95. The Labute approximate surface area is 51.0 Å². The van der Waals surface area contributed by atoms with Crippen LogP contribution in [0.4, 0.5) is 0 Å². The zero-order valence-corrected chi connectivity index (χ0v) is 5.62. The van der Waals surface area contributed by atoms with Gasteiger partial charge < -0.3 is 4.74 Å². The maximum Gasteiger partial charge on any atom is 0.112 e. The monoisotopic (exact) mass is 111 g/mol. The minimum Gasteiger partial charge on any atom is -0.441 e. The molecular formula is C7H11O. The molecule has 0 rings (SSSR count). The molecule has 0 N–H and O–H groups in total. The number of ether oxygens (including phenoxy) is 1. The van der Waals surface area contributed by atoms with Crippen molar-refractivity contribution < 1.29 is 4.74 Å². The molecule has 0 saturated carbocycles. The minimum absolute atomic E-state index is 0.162. The molecule has 0 spiro atoms. The van der Waals surface area contributed by atoms with Crippen LogP contribution in [0.1, 0.15) is 20.8 Å². The maximum atomic E-state index is 4.95. The van der Waals surface area contributed by atoms with Crippen molar-refractivity contribution >= 4 is 0 Å². The molecule has 0 heterocycles. The molecule has 0 aliphatic heterocycles. The fraction of sp³-hybridized carbons (Fsp3) is 0.571. The van der Waals surface area contributed by atoms with Gasteiger partial charge in [-0.15, -0.1) is 0 Å². The first-order valence-electron chi connectivity index (χ1n) is 2.51. The van der Waals surface area contributed by atoms with Crippen molar-refractivity contribution in [3.63, 3.8) is 0 Å². The predicted molar refractivity (Wildman–Crippen MR) is 34.0 cm³/mol. The van der Waals surface area contributed by atoms with Gasteiger partial charge in [-0.2, -0.15) is 0 Å². The first-order valence-corrected chi connectivity index (χ1v) is 2.51. The zero-order chi connectivity index (χ0) is 6.62. The van der Waals surface area contributed by atoms with Crippen LogP contribution in [0.5, 0.6) is 0 Å². The van der Waals surface area contributed by atoms with Crippen molar-refractivity contribution in [3.05, 3.63) is 6.92 Å². The second-order valence-corrected chi connectivity index (χ2v) is 2.49. The largest absolute Gasteiger partial charge is 0.441 e. The Morgan fingerprint density at radius 2 is 1.88 bits per heavy atom. The molecule has 0 fully saturated rings. The number of hydrogen-bond acceptors (Lipinski definition) is 1. The average molecular weight is 111 g/mol. The standard InChI is InChI=1S/C7H11O/c1-5-6-8-7(2,3)4/h1H2,2-4H3. The van der Waals surface area contributed by atoms with Gasteiger partial charge in [-0.25, -0.2) is 0 Å². The van der Waals surface area contributed by atoms with Crippen LogP contribution in [0.3, 0.4) is 0 Å². The highest BCUT2D eigenvalue weighted by atomic mass is 16.5. The summed E-state index contributed by atoms with van der Waals surface area (Å²) in [6, 6.07) is 0. The number of rotatable bonds is 0. The zero-order valence-electron chi connectivity index (χ0n) is 5.62. The highest BCUT2D eigenvalue weighted by Crippen LogP contribution is 2.03. The Kier molecular flexibility index (Phi) is 2.41. The molecule has 0 aliphatic carbocycles. The summed E-state index contributed by atoms with van der Waals surface area (Å²) in [6.07, 6.45) is 2.43. The van der Waals surface area contributed by atoms with Crippen LogP contribution < -0.4 is 0 Å². The molecule has 0 saturated heterocycles. The summed E-state index contributed by atoms with van der Waals surface area (Å²) in [5.74, 6) is 2.40. The van der Waals surface area contributed by atoms with E-state index < -0.39 is 0 Å². The summed E-state index contributed by atoms with van der Waals surface area (Å²) < 4.78 is 4.95. The van der Waals surface area contributed by atoms with Crippen molar-refractivity contribution in [2.45, 2.75) is 26.4 Å². The van der Waals surface area contributed by atoms with E-state index in [4.69, 9.17) is 4.74 Å². The highest BCUT2D eigenvalue weighted by molar-refractivity contribution is 4.95. The van der Waals surface area contributed by atoms with E-state index in [1.54, 1.807) is 0 Å². The smallest absolute Gasteiger partial charge is 0.112 e. The van der Waals surface area contributed by atoms with Crippen LogP contribution in [0.2, 0.25) is 0 Å².